The van der Waals surface area contributed by atoms with Crippen molar-refractivity contribution in [1.82, 2.24) is 10.2 Å². The van der Waals surface area contributed by atoms with E-state index in [1.54, 1.807) is 51.1 Å². The van der Waals surface area contributed by atoms with Crippen LogP contribution in [0.5, 0.6) is 0 Å². The zero-order valence-corrected chi connectivity index (χ0v) is 25.9. The third kappa shape index (κ3) is 9.60. The van der Waals surface area contributed by atoms with Crippen molar-refractivity contribution in [2.24, 2.45) is 5.73 Å². The summed E-state index contributed by atoms with van der Waals surface area (Å²) in [5.74, 6) is 0.673. The number of carbonyl (C=O) groups is 4. The predicted octanol–water partition coefficient (Wildman–Crippen LogP) is 5.68. The number of hydrogen-bond acceptors (Lipinski definition) is 5. The molecule has 0 spiro atoms. The van der Waals surface area contributed by atoms with Crippen LogP contribution in [-0.2, 0) is 19.1 Å². The average Bonchev–Trinajstić information content (AvgIpc) is 2.96. The first-order valence-electron chi connectivity index (χ1n) is 14.9. The molecule has 3 aromatic rings. The maximum absolute atomic E-state index is 14.3. The van der Waals surface area contributed by atoms with Gasteiger partial charge in [-0.15, -0.1) is 6.42 Å². The standard InChI is InChI=1S/C35H42N4O5/c1-6-8-9-14-21-39(33(42)29(23-30(36)40)38-34(43)44-35(3,4)5)31(28-18-13-12-15-24(28)7-2)32(41)37-27-20-19-25-16-10-11-17-26(25)22-27/h2,10-13,15-20,22,29,31H,6,8-9,14,21,23H2,1,3-5H3,(H2,36,40)(H,37,41)(H,38,43). The summed E-state index contributed by atoms with van der Waals surface area (Å²) < 4.78 is 5.36. The van der Waals surface area contributed by atoms with E-state index in [2.05, 4.69) is 23.5 Å². The number of anilines is 1. The Morgan fingerprint density at radius 1 is 0.955 bits per heavy atom. The Morgan fingerprint density at radius 2 is 1.64 bits per heavy atom. The monoisotopic (exact) mass is 598 g/mol. The van der Waals surface area contributed by atoms with E-state index in [4.69, 9.17) is 16.9 Å². The number of nitrogens with one attached hydrogen (secondary N) is 2. The quantitative estimate of drug-likeness (QED) is 0.172. The molecule has 9 nitrogen and oxygen atoms in total. The first kappa shape index (κ1) is 33.7. The Balaban J connectivity index is 2.08. The number of unbranched alkanes of at least 4 members (excludes halogenated alkanes) is 3. The molecule has 44 heavy (non-hydrogen) atoms. The molecule has 0 saturated carbocycles. The number of ether oxygens (including phenoxy) is 1. The second-order valence-electron chi connectivity index (χ2n) is 11.6. The number of hydrogen-bond donors (Lipinski definition) is 3. The van der Waals surface area contributed by atoms with Gasteiger partial charge < -0.3 is 26.0 Å². The van der Waals surface area contributed by atoms with E-state index in [9.17, 15) is 19.2 Å². The third-order valence-corrected chi connectivity index (χ3v) is 6.92. The smallest absolute Gasteiger partial charge is 0.408 e. The van der Waals surface area contributed by atoms with Crippen molar-refractivity contribution in [3.05, 3.63) is 77.9 Å². The van der Waals surface area contributed by atoms with Crippen LogP contribution in [0.25, 0.3) is 10.8 Å². The van der Waals surface area contributed by atoms with E-state index >= 15 is 0 Å². The lowest BCUT2D eigenvalue weighted by molar-refractivity contribution is -0.142. The number of fused-ring (bicyclic) bond motifs is 1. The highest BCUT2D eigenvalue weighted by molar-refractivity contribution is 6.01. The predicted molar refractivity (Wildman–Crippen MR) is 173 cm³/mol. The van der Waals surface area contributed by atoms with Gasteiger partial charge in [-0.1, -0.05) is 80.6 Å². The fourth-order valence-electron chi connectivity index (χ4n) is 4.92. The molecule has 2 unspecified atom stereocenters. The van der Waals surface area contributed by atoms with E-state index in [1.165, 1.54) is 4.90 Å². The molecule has 3 aromatic carbocycles. The van der Waals surface area contributed by atoms with Crippen LogP contribution in [0.2, 0.25) is 0 Å². The fraction of sp³-hybridized carbons (Fsp3) is 0.371. The van der Waals surface area contributed by atoms with Crippen LogP contribution >= 0.6 is 0 Å². The van der Waals surface area contributed by atoms with Gasteiger partial charge >= 0.3 is 6.09 Å². The van der Waals surface area contributed by atoms with Crippen LogP contribution in [0.4, 0.5) is 10.5 Å². The van der Waals surface area contributed by atoms with Gasteiger partial charge in [0.25, 0.3) is 5.91 Å². The van der Waals surface area contributed by atoms with Gasteiger partial charge in [-0.05, 0) is 61.7 Å². The lowest BCUT2D eigenvalue weighted by atomic mass is 9.96. The number of rotatable bonds is 13. The molecule has 0 bridgehead atoms. The summed E-state index contributed by atoms with van der Waals surface area (Å²) in [6.07, 6.45) is 7.75. The number of nitrogens with two attached hydrogens (primary N) is 1. The molecule has 232 valence electrons. The summed E-state index contributed by atoms with van der Waals surface area (Å²) in [4.78, 5) is 54.7. The molecule has 2 atom stereocenters. The minimum Gasteiger partial charge on any atom is -0.444 e. The summed E-state index contributed by atoms with van der Waals surface area (Å²) in [5, 5.41) is 7.41. The van der Waals surface area contributed by atoms with Gasteiger partial charge in [0.2, 0.25) is 11.8 Å². The first-order valence-corrected chi connectivity index (χ1v) is 14.9. The average molecular weight is 599 g/mol. The molecule has 0 aliphatic rings. The first-order chi connectivity index (χ1) is 20.9. The molecule has 0 aliphatic carbocycles. The van der Waals surface area contributed by atoms with Crippen LogP contribution in [0.3, 0.4) is 0 Å². The van der Waals surface area contributed by atoms with Crippen molar-refractivity contribution in [3.8, 4) is 12.3 Å². The fourth-order valence-corrected chi connectivity index (χ4v) is 4.92. The lowest BCUT2D eigenvalue weighted by Crippen LogP contribution is -2.53. The van der Waals surface area contributed by atoms with Crippen LogP contribution < -0.4 is 16.4 Å². The topological polar surface area (TPSA) is 131 Å². The highest BCUT2D eigenvalue weighted by atomic mass is 16.6. The molecule has 0 saturated heterocycles. The number of alkyl carbamates (subject to hydrolysis) is 1. The minimum absolute atomic E-state index is 0.165. The van der Waals surface area contributed by atoms with E-state index < -0.39 is 47.9 Å². The molecule has 3 rings (SSSR count). The zero-order valence-electron chi connectivity index (χ0n) is 25.9. The Kier molecular flexibility index (Phi) is 11.9. The van der Waals surface area contributed by atoms with Gasteiger partial charge in [0.05, 0.1) is 6.42 Å². The maximum Gasteiger partial charge on any atom is 0.408 e. The maximum atomic E-state index is 14.3. The van der Waals surface area contributed by atoms with Gasteiger partial charge in [-0.2, -0.15) is 0 Å². The molecular weight excluding hydrogens is 556 g/mol. The van der Waals surface area contributed by atoms with Gasteiger partial charge in [0.1, 0.15) is 17.7 Å². The van der Waals surface area contributed by atoms with Gasteiger partial charge in [-0.25, -0.2) is 4.79 Å². The number of primary amides is 1. The number of nitrogens with zero attached hydrogens (tertiary/aromatic N) is 1. The number of carbonyl (C=O) groups excluding carboxylic acids is 4. The molecule has 4 N–H and O–H groups in total. The summed E-state index contributed by atoms with van der Waals surface area (Å²) in [6, 6.07) is 17.6. The van der Waals surface area contributed by atoms with Gasteiger partial charge in [0.15, 0.2) is 0 Å². The normalized spacial score (nSPS) is 12.4. The van der Waals surface area contributed by atoms with E-state index in [-0.39, 0.29) is 6.54 Å². The Hall–Kier alpha value is -4.84. The minimum atomic E-state index is -1.37. The number of benzene rings is 3. The second-order valence-corrected chi connectivity index (χ2v) is 11.6. The third-order valence-electron chi connectivity index (χ3n) is 6.92. The largest absolute Gasteiger partial charge is 0.444 e. The summed E-state index contributed by atoms with van der Waals surface area (Å²) in [5.41, 5.74) is 6.07. The molecule has 0 aromatic heterocycles. The molecule has 0 heterocycles. The van der Waals surface area contributed by atoms with Crippen LogP contribution in [0.1, 0.15) is 77.0 Å². The highest BCUT2D eigenvalue weighted by Gasteiger charge is 2.37. The Bertz CT molecular complexity index is 1520. The van der Waals surface area contributed by atoms with E-state index in [1.807, 2.05) is 36.4 Å². The van der Waals surface area contributed by atoms with Crippen molar-refractivity contribution >= 4 is 40.3 Å². The second kappa shape index (κ2) is 15.6. The van der Waals surface area contributed by atoms with Crippen LogP contribution in [0, 0.1) is 12.3 Å². The Morgan fingerprint density at radius 3 is 2.30 bits per heavy atom. The van der Waals surface area contributed by atoms with Gasteiger partial charge in [0, 0.05) is 17.8 Å². The summed E-state index contributed by atoms with van der Waals surface area (Å²) >= 11 is 0. The van der Waals surface area contributed by atoms with E-state index in [0.717, 1.165) is 30.0 Å². The molecule has 0 radical (unpaired) electrons. The molecule has 0 aliphatic heterocycles. The number of amides is 4. The SMILES string of the molecule is C#Cc1ccccc1C(C(=O)Nc1ccc2ccccc2c1)N(CCCCCC)C(=O)C(CC(N)=O)NC(=O)OC(C)(C)C. The van der Waals surface area contributed by atoms with Crippen molar-refractivity contribution in [2.45, 2.75) is 77.5 Å². The van der Waals surface area contributed by atoms with E-state index in [0.29, 0.717) is 23.2 Å². The summed E-state index contributed by atoms with van der Waals surface area (Å²) in [7, 11) is 0. The van der Waals surface area contributed by atoms with Crippen molar-refractivity contribution in [3.63, 3.8) is 0 Å². The van der Waals surface area contributed by atoms with Crippen LogP contribution in [-0.4, -0.2) is 46.9 Å². The molecule has 0 fully saturated rings. The molecule has 4 amide bonds. The van der Waals surface area contributed by atoms with Gasteiger partial charge in [-0.3, -0.25) is 14.4 Å². The lowest BCUT2D eigenvalue weighted by Gasteiger charge is -2.35. The van der Waals surface area contributed by atoms with Crippen molar-refractivity contribution < 1.29 is 23.9 Å². The zero-order chi connectivity index (χ0) is 32.3. The molecule has 9 heteroatoms. The van der Waals surface area contributed by atoms with Crippen molar-refractivity contribution in [1.29, 1.82) is 0 Å². The number of terminal acetylenes is 1. The Labute approximate surface area is 259 Å². The van der Waals surface area contributed by atoms with Crippen LogP contribution in [0.15, 0.2) is 66.7 Å². The summed E-state index contributed by atoms with van der Waals surface area (Å²) in [6.45, 7) is 7.28. The van der Waals surface area contributed by atoms with Crippen molar-refractivity contribution in [2.75, 3.05) is 11.9 Å². The molecular formula is C35H42N4O5. The highest BCUT2D eigenvalue weighted by Crippen LogP contribution is 2.29.